The second-order valence-corrected chi connectivity index (χ2v) is 5.06. The molecule has 0 amide bonds. The van der Waals surface area contributed by atoms with Gasteiger partial charge < -0.3 is 0 Å². The van der Waals surface area contributed by atoms with Gasteiger partial charge in [0.15, 0.2) is 0 Å². The second-order valence-electron chi connectivity index (χ2n) is 2.82. The van der Waals surface area contributed by atoms with Gasteiger partial charge in [0.05, 0.1) is 0 Å². The zero-order chi connectivity index (χ0) is 9.36. The standard InChI is InChI=1S/C10H16O2Se/c1-2-13-9-5-8-12-10-6-3-4-7-11-10/h10H,2-4,6-8H2,1H3. The van der Waals surface area contributed by atoms with Crippen LogP contribution in [-0.2, 0) is 9.47 Å². The first-order valence-electron chi connectivity index (χ1n) is 4.76. The van der Waals surface area contributed by atoms with E-state index in [0.29, 0.717) is 21.6 Å². The van der Waals surface area contributed by atoms with E-state index in [1.807, 2.05) is 0 Å². The molecule has 3 heteroatoms. The monoisotopic (exact) mass is 248 g/mol. The van der Waals surface area contributed by atoms with Gasteiger partial charge >= 0.3 is 86.2 Å². The quantitative estimate of drug-likeness (QED) is 0.557. The van der Waals surface area contributed by atoms with Crippen molar-refractivity contribution in [3.63, 3.8) is 0 Å². The molecule has 0 radical (unpaired) electrons. The summed E-state index contributed by atoms with van der Waals surface area (Å²) in [6.07, 6.45) is 3.43. The molecule has 13 heavy (non-hydrogen) atoms. The normalized spacial score (nSPS) is 22.1. The van der Waals surface area contributed by atoms with Gasteiger partial charge in [-0.05, 0) is 0 Å². The molecule has 0 N–H and O–H groups in total. The first kappa shape index (κ1) is 11.1. The molecule has 0 aromatic heterocycles. The van der Waals surface area contributed by atoms with Gasteiger partial charge in [-0.15, -0.1) is 0 Å². The van der Waals surface area contributed by atoms with Crippen LogP contribution in [0, 0.1) is 10.7 Å². The summed E-state index contributed by atoms with van der Waals surface area (Å²) in [7, 11) is 0. The van der Waals surface area contributed by atoms with E-state index >= 15 is 0 Å². The maximum atomic E-state index is 5.44. The molecular formula is C10H16O2Se. The molecule has 1 aliphatic heterocycles. The third-order valence-corrected chi connectivity index (χ3v) is 2.98. The zero-order valence-corrected chi connectivity index (χ0v) is 9.76. The van der Waals surface area contributed by atoms with Crippen LogP contribution in [0.25, 0.3) is 0 Å². The van der Waals surface area contributed by atoms with Crippen molar-refractivity contribution < 1.29 is 9.47 Å². The van der Waals surface area contributed by atoms with E-state index < -0.39 is 0 Å². The fourth-order valence-electron chi connectivity index (χ4n) is 1.13. The van der Waals surface area contributed by atoms with Crippen molar-refractivity contribution in [2.75, 3.05) is 13.2 Å². The van der Waals surface area contributed by atoms with E-state index in [2.05, 4.69) is 17.7 Å². The number of hydrogen-bond donors (Lipinski definition) is 0. The molecule has 0 aromatic carbocycles. The van der Waals surface area contributed by atoms with Crippen molar-refractivity contribution in [2.24, 2.45) is 0 Å². The molecule has 1 unspecified atom stereocenters. The Hall–Kier alpha value is -0.000519. The Morgan fingerprint density at radius 3 is 3.15 bits per heavy atom. The summed E-state index contributed by atoms with van der Waals surface area (Å²) in [6.45, 7) is 3.53. The Labute approximate surface area is 86.5 Å². The van der Waals surface area contributed by atoms with Crippen molar-refractivity contribution in [1.82, 2.24) is 0 Å². The van der Waals surface area contributed by atoms with Crippen LogP contribution in [-0.4, -0.2) is 34.5 Å². The average molecular weight is 247 g/mol. The molecule has 0 aliphatic carbocycles. The molecule has 2 nitrogen and oxygen atoms in total. The van der Waals surface area contributed by atoms with Gasteiger partial charge in [0.2, 0.25) is 0 Å². The van der Waals surface area contributed by atoms with E-state index in [4.69, 9.17) is 9.47 Å². The van der Waals surface area contributed by atoms with Crippen LogP contribution in [0.1, 0.15) is 26.2 Å². The topological polar surface area (TPSA) is 18.5 Å². The van der Waals surface area contributed by atoms with E-state index in [-0.39, 0.29) is 6.29 Å². The molecular weight excluding hydrogens is 231 g/mol. The van der Waals surface area contributed by atoms with Gasteiger partial charge in [0, 0.05) is 0 Å². The summed E-state index contributed by atoms with van der Waals surface area (Å²) >= 11 is 0.483. The molecule has 1 saturated heterocycles. The number of rotatable bonds is 3. The average Bonchev–Trinajstić information content (AvgIpc) is 2.19. The molecule has 1 fully saturated rings. The van der Waals surface area contributed by atoms with Crippen molar-refractivity contribution >= 4 is 15.0 Å². The predicted molar refractivity (Wildman–Crippen MR) is 53.6 cm³/mol. The molecule has 0 bridgehead atoms. The summed E-state index contributed by atoms with van der Waals surface area (Å²) < 4.78 is 10.8. The predicted octanol–water partition coefficient (Wildman–Crippen LogP) is 1.63. The first-order chi connectivity index (χ1) is 6.43. The fourth-order valence-corrected chi connectivity index (χ4v) is 1.77. The fraction of sp³-hybridized carbons (Fsp3) is 0.800. The van der Waals surface area contributed by atoms with Crippen LogP contribution >= 0.6 is 0 Å². The van der Waals surface area contributed by atoms with Crippen molar-refractivity contribution in [3.8, 4) is 10.7 Å². The summed E-state index contributed by atoms with van der Waals surface area (Å²) in [4.78, 5) is 3.11. The van der Waals surface area contributed by atoms with Gasteiger partial charge in [-0.25, -0.2) is 0 Å². The molecule has 74 valence electrons. The van der Waals surface area contributed by atoms with Crippen molar-refractivity contribution in [1.29, 1.82) is 0 Å². The van der Waals surface area contributed by atoms with E-state index in [9.17, 15) is 0 Å². The van der Waals surface area contributed by atoms with Crippen molar-refractivity contribution in [2.45, 2.75) is 37.8 Å². The molecule has 1 rings (SSSR count). The minimum absolute atomic E-state index is 0.0113. The summed E-state index contributed by atoms with van der Waals surface area (Å²) in [6, 6.07) is 0. The minimum atomic E-state index is 0.0113. The third-order valence-electron chi connectivity index (χ3n) is 1.77. The van der Waals surface area contributed by atoms with Gasteiger partial charge in [0.1, 0.15) is 0 Å². The third kappa shape index (κ3) is 5.33. The van der Waals surface area contributed by atoms with E-state index in [1.54, 1.807) is 0 Å². The maximum absolute atomic E-state index is 5.44. The van der Waals surface area contributed by atoms with Crippen LogP contribution in [0.5, 0.6) is 0 Å². The second kappa shape index (κ2) is 7.41. The molecule has 1 atom stereocenters. The van der Waals surface area contributed by atoms with Crippen LogP contribution < -0.4 is 0 Å². The van der Waals surface area contributed by atoms with Crippen LogP contribution in [0.3, 0.4) is 0 Å². The van der Waals surface area contributed by atoms with Gasteiger partial charge in [-0.3, -0.25) is 0 Å². The molecule has 0 saturated carbocycles. The Bertz CT molecular complexity index is 177. The van der Waals surface area contributed by atoms with Gasteiger partial charge in [0.25, 0.3) is 0 Å². The Morgan fingerprint density at radius 2 is 2.46 bits per heavy atom. The number of ether oxygens (including phenoxy) is 2. The van der Waals surface area contributed by atoms with E-state index in [1.165, 1.54) is 18.2 Å². The van der Waals surface area contributed by atoms with E-state index in [0.717, 1.165) is 13.0 Å². The van der Waals surface area contributed by atoms with Crippen molar-refractivity contribution in [3.05, 3.63) is 0 Å². The Morgan fingerprint density at radius 1 is 1.54 bits per heavy atom. The molecule has 0 aromatic rings. The van der Waals surface area contributed by atoms with Crippen LogP contribution in [0.4, 0.5) is 0 Å². The van der Waals surface area contributed by atoms with Crippen LogP contribution in [0.2, 0.25) is 5.32 Å². The SMILES string of the molecule is CC[Se]C#CCOC1CCCCO1. The Balaban J connectivity index is 2.01. The number of hydrogen-bond acceptors (Lipinski definition) is 2. The Kier molecular flexibility index (Phi) is 6.31. The summed E-state index contributed by atoms with van der Waals surface area (Å²) in [5.74, 6) is 3.01. The summed E-state index contributed by atoms with van der Waals surface area (Å²) in [5.41, 5.74) is 0. The van der Waals surface area contributed by atoms with Gasteiger partial charge in [-0.1, -0.05) is 0 Å². The summed E-state index contributed by atoms with van der Waals surface area (Å²) in [5, 5.41) is 1.18. The first-order valence-corrected chi connectivity index (χ1v) is 6.83. The van der Waals surface area contributed by atoms with Crippen LogP contribution in [0.15, 0.2) is 0 Å². The molecule has 1 heterocycles. The van der Waals surface area contributed by atoms with Gasteiger partial charge in [-0.2, -0.15) is 0 Å². The molecule has 1 aliphatic rings. The molecule has 0 spiro atoms. The zero-order valence-electron chi connectivity index (χ0n) is 8.04.